The zero-order valence-corrected chi connectivity index (χ0v) is 21.8. The van der Waals surface area contributed by atoms with Gasteiger partial charge in [0.25, 0.3) is 0 Å². The molecule has 0 spiro atoms. The van der Waals surface area contributed by atoms with Crippen LogP contribution in [-0.2, 0) is 24.2 Å². The van der Waals surface area contributed by atoms with Crippen LogP contribution < -0.4 is 0 Å². The molecule has 1 unspecified atom stereocenters. The van der Waals surface area contributed by atoms with E-state index >= 15 is 0 Å². The first kappa shape index (κ1) is 25.6. The van der Waals surface area contributed by atoms with E-state index in [1.807, 2.05) is 51.1 Å². The van der Waals surface area contributed by atoms with E-state index in [0.29, 0.717) is 34.5 Å². The van der Waals surface area contributed by atoms with Gasteiger partial charge in [-0.25, -0.2) is 18.7 Å². The summed E-state index contributed by atoms with van der Waals surface area (Å²) in [5.41, 5.74) is 3.78. The quantitative estimate of drug-likeness (QED) is 0.312. The van der Waals surface area contributed by atoms with E-state index in [1.54, 1.807) is 6.20 Å². The highest BCUT2D eigenvalue weighted by Gasteiger charge is 2.31. The van der Waals surface area contributed by atoms with Crippen molar-refractivity contribution >= 4 is 17.1 Å². The van der Waals surface area contributed by atoms with Crippen LogP contribution in [0.4, 0.5) is 9.18 Å². The van der Waals surface area contributed by atoms with Crippen LogP contribution in [0.3, 0.4) is 0 Å². The molecule has 2 heterocycles. The van der Waals surface area contributed by atoms with Crippen LogP contribution in [-0.4, -0.2) is 31.1 Å². The third kappa shape index (κ3) is 5.29. The summed E-state index contributed by atoms with van der Waals surface area (Å²) in [5, 5.41) is 9.72. The Morgan fingerprint density at radius 2 is 2.00 bits per heavy atom. The highest BCUT2D eigenvalue weighted by atomic mass is 19.1. The van der Waals surface area contributed by atoms with Gasteiger partial charge in [0.1, 0.15) is 17.2 Å². The number of pyridine rings is 1. The van der Waals surface area contributed by atoms with E-state index < -0.39 is 17.5 Å². The van der Waals surface area contributed by atoms with Gasteiger partial charge in [0.15, 0.2) is 0 Å². The van der Waals surface area contributed by atoms with Gasteiger partial charge in [-0.05, 0) is 87.6 Å². The van der Waals surface area contributed by atoms with E-state index in [2.05, 4.69) is 17.0 Å². The lowest BCUT2D eigenvalue weighted by Crippen LogP contribution is -2.34. The average Bonchev–Trinajstić information content (AvgIpc) is 3.25. The Morgan fingerprint density at radius 3 is 2.79 bits per heavy atom. The standard InChI is InChI=1S/C30H30FN5O2/c1-30(2,3)38-29(37)36-25-11-5-4-10-24(25)34-27(36)19-35(18-22-16-23(31)14-13-21(22)17-32)26-12-6-8-20-9-7-15-33-28(20)26/h4-5,7,9-11,13-16,26H,6,8,12,18-19H2,1-3H3. The lowest BCUT2D eigenvalue weighted by atomic mass is 9.90. The molecule has 38 heavy (non-hydrogen) atoms. The van der Waals surface area contributed by atoms with Crippen LogP contribution in [0.2, 0.25) is 0 Å². The summed E-state index contributed by atoms with van der Waals surface area (Å²) in [6, 6.07) is 17.8. The van der Waals surface area contributed by atoms with E-state index in [0.717, 1.165) is 25.0 Å². The largest absolute Gasteiger partial charge is 0.443 e. The molecule has 1 aliphatic rings. The number of carbonyl (C=O) groups is 1. The van der Waals surface area contributed by atoms with Crippen molar-refractivity contribution in [2.24, 2.45) is 0 Å². The summed E-state index contributed by atoms with van der Waals surface area (Å²) in [6.07, 6.45) is 4.03. The number of nitriles is 1. The molecule has 7 nitrogen and oxygen atoms in total. The maximum Gasteiger partial charge on any atom is 0.420 e. The number of ether oxygens (including phenoxy) is 1. The third-order valence-electron chi connectivity index (χ3n) is 6.72. The number of rotatable bonds is 5. The molecule has 1 atom stereocenters. The summed E-state index contributed by atoms with van der Waals surface area (Å²) in [6.45, 7) is 6.05. The molecule has 0 saturated heterocycles. The second-order valence-electron chi connectivity index (χ2n) is 10.6. The number of aryl methyl sites for hydroxylation is 1. The molecule has 8 heteroatoms. The Bertz CT molecular complexity index is 1530. The molecule has 0 saturated carbocycles. The summed E-state index contributed by atoms with van der Waals surface area (Å²) in [7, 11) is 0. The minimum absolute atomic E-state index is 0.0957. The van der Waals surface area contributed by atoms with Crippen LogP contribution in [0.1, 0.15) is 67.9 Å². The summed E-state index contributed by atoms with van der Waals surface area (Å²) in [5.74, 6) is 0.112. The van der Waals surface area contributed by atoms with Gasteiger partial charge >= 0.3 is 6.09 Å². The summed E-state index contributed by atoms with van der Waals surface area (Å²) < 4.78 is 21.6. The first-order chi connectivity index (χ1) is 18.2. The minimum Gasteiger partial charge on any atom is -0.443 e. The molecule has 0 aliphatic heterocycles. The number of hydrogen-bond acceptors (Lipinski definition) is 6. The SMILES string of the molecule is CC(C)(C)OC(=O)n1c(CN(Cc2cc(F)ccc2C#N)C2CCCc3cccnc32)nc2ccccc21. The fraction of sp³-hybridized carbons (Fsp3) is 0.333. The first-order valence-electron chi connectivity index (χ1n) is 12.8. The van der Waals surface area contributed by atoms with Crippen molar-refractivity contribution in [2.75, 3.05) is 0 Å². The summed E-state index contributed by atoms with van der Waals surface area (Å²) in [4.78, 5) is 25.1. The molecule has 0 N–H and O–H groups in total. The molecule has 4 aromatic rings. The molecule has 0 fully saturated rings. The smallest absolute Gasteiger partial charge is 0.420 e. The van der Waals surface area contributed by atoms with Gasteiger partial charge in [0.2, 0.25) is 0 Å². The number of imidazole rings is 1. The number of fused-ring (bicyclic) bond motifs is 2. The third-order valence-corrected chi connectivity index (χ3v) is 6.72. The van der Waals surface area contributed by atoms with Crippen molar-refractivity contribution < 1.29 is 13.9 Å². The zero-order chi connectivity index (χ0) is 26.9. The topological polar surface area (TPSA) is 84.0 Å². The molecule has 194 valence electrons. The second-order valence-corrected chi connectivity index (χ2v) is 10.6. The number of halogens is 1. The predicted octanol–water partition coefficient (Wildman–Crippen LogP) is 6.31. The molecule has 1 aliphatic carbocycles. The van der Waals surface area contributed by atoms with E-state index in [-0.39, 0.29) is 12.6 Å². The Hall–Kier alpha value is -4.09. The van der Waals surface area contributed by atoms with Gasteiger partial charge in [-0.15, -0.1) is 0 Å². The number of benzene rings is 2. The number of aromatic nitrogens is 3. The molecule has 0 bridgehead atoms. The number of hydrogen-bond donors (Lipinski definition) is 0. The molecule has 0 amide bonds. The van der Waals surface area contributed by atoms with Crippen molar-refractivity contribution in [3.05, 3.63) is 94.8 Å². The first-order valence-corrected chi connectivity index (χ1v) is 12.8. The Morgan fingerprint density at radius 1 is 1.18 bits per heavy atom. The van der Waals surface area contributed by atoms with Crippen molar-refractivity contribution in [1.29, 1.82) is 5.26 Å². The number of nitrogens with zero attached hydrogens (tertiary/aromatic N) is 5. The van der Waals surface area contributed by atoms with Crippen LogP contribution in [0.15, 0.2) is 60.8 Å². The van der Waals surface area contributed by atoms with Crippen molar-refractivity contribution in [3.63, 3.8) is 0 Å². The fourth-order valence-corrected chi connectivity index (χ4v) is 5.11. The highest BCUT2D eigenvalue weighted by molar-refractivity contribution is 5.87. The van der Waals surface area contributed by atoms with Gasteiger partial charge < -0.3 is 4.74 Å². The number of carbonyl (C=O) groups excluding carboxylic acids is 1. The molecule has 2 aromatic heterocycles. The fourth-order valence-electron chi connectivity index (χ4n) is 5.11. The van der Waals surface area contributed by atoms with E-state index in [9.17, 15) is 14.4 Å². The lowest BCUT2D eigenvalue weighted by Gasteiger charge is -2.35. The van der Waals surface area contributed by atoms with Gasteiger partial charge in [-0.3, -0.25) is 9.88 Å². The molecular formula is C30H30FN5O2. The Labute approximate surface area is 221 Å². The van der Waals surface area contributed by atoms with Gasteiger partial charge in [-0.2, -0.15) is 5.26 Å². The Balaban J connectivity index is 1.61. The normalized spacial score (nSPS) is 15.3. The second kappa shape index (κ2) is 10.3. The maximum absolute atomic E-state index is 14.3. The molecular weight excluding hydrogens is 481 g/mol. The van der Waals surface area contributed by atoms with Crippen LogP contribution in [0, 0.1) is 17.1 Å². The highest BCUT2D eigenvalue weighted by Crippen LogP contribution is 2.35. The summed E-state index contributed by atoms with van der Waals surface area (Å²) >= 11 is 0. The molecule has 5 rings (SSSR count). The lowest BCUT2D eigenvalue weighted by molar-refractivity contribution is 0.0530. The van der Waals surface area contributed by atoms with Crippen molar-refractivity contribution in [2.45, 2.75) is 64.8 Å². The van der Waals surface area contributed by atoms with Gasteiger partial charge in [-0.1, -0.05) is 18.2 Å². The van der Waals surface area contributed by atoms with Crippen LogP contribution in [0.25, 0.3) is 11.0 Å². The Kier molecular flexibility index (Phi) is 6.96. The van der Waals surface area contributed by atoms with Gasteiger partial charge in [0, 0.05) is 12.7 Å². The van der Waals surface area contributed by atoms with Crippen molar-refractivity contribution in [3.8, 4) is 6.07 Å². The number of para-hydroxylation sites is 2. The van der Waals surface area contributed by atoms with Crippen molar-refractivity contribution in [1.82, 2.24) is 19.4 Å². The van der Waals surface area contributed by atoms with E-state index in [4.69, 9.17) is 14.7 Å². The van der Waals surface area contributed by atoms with Crippen LogP contribution >= 0.6 is 0 Å². The minimum atomic E-state index is -0.686. The monoisotopic (exact) mass is 511 g/mol. The maximum atomic E-state index is 14.3. The van der Waals surface area contributed by atoms with Gasteiger partial charge in [0.05, 0.1) is 40.9 Å². The van der Waals surface area contributed by atoms with Crippen LogP contribution in [0.5, 0.6) is 0 Å². The predicted molar refractivity (Wildman–Crippen MR) is 142 cm³/mol. The molecule has 0 radical (unpaired) electrons. The zero-order valence-electron chi connectivity index (χ0n) is 21.8. The molecule has 2 aromatic carbocycles. The average molecular weight is 512 g/mol. The van der Waals surface area contributed by atoms with E-state index in [1.165, 1.54) is 28.3 Å².